The first-order valence-electron chi connectivity index (χ1n) is 5.65. The van der Waals surface area contributed by atoms with Crippen molar-refractivity contribution in [2.24, 2.45) is 0 Å². The van der Waals surface area contributed by atoms with E-state index in [4.69, 9.17) is 4.74 Å². The van der Waals surface area contributed by atoms with Crippen molar-refractivity contribution in [2.45, 2.75) is 25.0 Å². The number of morpholine rings is 1. The fourth-order valence-corrected chi connectivity index (χ4v) is 2.35. The quantitative estimate of drug-likeness (QED) is 0.764. The van der Waals surface area contributed by atoms with Crippen molar-refractivity contribution in [1.29, 1.82) is 0 Å². The number of thioether (sulfide) groups is 1. The molecule has 0 aromatic heterocycles. The number of ether oxygens (including phenoxy) is 1. The van der Waals surface area contributed by atoms with Gasteiger partial charge in [0.2, 0.25) is 0 Å². The molecular weight excluding hydrogens is 242 g/mol. The molecule has 0 aromatic carbocycles. The Bertz CT molecular complexity index is 223. The number of hydrogen-bond donors (Lipinski definition) is 1. The van der Waals surface area contributed by atoms with Gasteiger partial charge in [-0.25, -0.2) is 0 Å². The molecule has 5 heteroatoms. The predicted molar refractivity (Wildman–Crippen MR) is 72.4 cm³/mol. The normalized spacial score (nSPS) is 18.7. The summed E-state index contributed by atoms with van der Waals surface area (Å²) < 4.78 is 5.19. The van der Waals surface area contributed by atoms with Crippen molar-refractivity contribution in [3.63, 3.8) is 0 Å². The first-order chi connectivity index (χ1) is 7.47. The molecule has 0 amide bonds. The van der Waals surface area contributed by atoms with Gasteiger partial charge in [0.1, 0.15) is 0 Å². The van der Waals surface area contributed by atoms with Crippen molar-refractivity contribution < 1.29 is 9.53 Å². The Morgan fingerprint density at radius 2 is 2.06 bits per heavy atom. The van der Waals surface area contributed by atoms with Crippen LogP contribution in [-0.2, 0) is 9.53 Å². The second-order valence-corrected chi connectivity index (χ2v) is 6.92. The van der Waals surface area contributed by atoms with E-state index in [0.717, 1.165) is 38.6 Å². The van der Waals surface area contributed by atoms with Crippen molar-refractivity contribution in [3.8, 4) is 0 Å². The van der Waals surface area contributed by atoms with Crippen LogP contribution in [0.3, 0.4) is 0 Å². The van der Waals surface area contributed by atoms with Crippen molar-refractivity contribution in [1.82, 2.24) is 4.90 Å². The topological polar surface area (TPSA) is 29.5 Å². The fourth-order valence-electron chi connectivity index (χ4n) is 1.40. The molecule has 0 saturated carbocycles. The molecule has 1 aliphatic rings. The summed E-state index contributed by atoms with van der Waals surface area (Å²) in [6, 6.07) is 0. The van der Waals surface area contributed by atoms with Crippen molar-refractivity contribution in [3.05, 3.63) is 0 Å². The fraction of sp³-hybridized carbons (Fsp3) is 0.909. The van der Waals surface area contributed by atoms with E-state index in [-0.39, 0.29) is 9.86 Å². The number of rotatable bonds is 5. The molecule has 0 N–H and O–H groups in total. The summed E-state index contributed by atoms with van der Waals surface area (Å²) in [4.78, 5) is 13.9. The molecular formula is C11H21NO2S2. The number of nitrogens with zero attached hydrogens (tertiary/aromatic N) is 1. The largest absolute Gasteiger partial charge is 0.379 e. The molecule has 1 rings (SSSR count). The van der Waals surface area contributed by atoms with E-state index < -0.39 is 0 Å². The van der Waals surface area contributed by atoms with Gasteiger partial charge in [-0.2, -0.15) is 12.6 Å². The Kier molecular flexibility index (Phi) is 6.18. The van der Waals surface area contributed by atoms with Gasteiger partial charge in [0.15, 0.2) is 5.12 Å². The Morgan fingerprint density at radius 1 is 1.44 bits per heavy atom. The number of carbonyl (C=O) groups is 1. The second kappa shape index (κ2) is 6.89. The summed E-state index contributed by atoms with van der Waals surface area (Å²) >= 11 is 5.80. The third kappa shape index (κ3) is 6.78. The van der Waals surface area contributed by atoms with Crippen LogP contribution >= 0.6 is 24.4 Å². The molecule has 1 heterocycles. The van der Waals surface area contributed by atoms with Gasteiger partial charge in [-0.15, -0.1) is 0 Å². The van der Waals surface area contributed by atoms with Gasteiger partial charge >= 0.3 is 0 Å². The third-order valence-electron chi connectivity index (χ3n) is 2.32. The first kappa shape index (κ1) is 14.4. The third-order valence-corrected chi connectivity index (χ3v) is 4.09. The van der Waals surface area contributed by atoms with Gasteiger partial charge in [-0.3, -0.25) is 9.69 Å². The monoisotopic (exact) mass is 263 g/mol. The molecule has 1 fully saturated rings. The molecule has 0 spiro atoms. The lowest BCUT2D eigenvalue weighted by Gasteiger charge is -2.26. The lowest BCUT2D eigenvalue weighted by atomic mass is 10.2. The standard InChI is InChI=1S/C11H21NO2S2/c1-11(2,15)9-16-10(13)3-4-12-5-7-14-8-6-12/h15H,3-9H2,1-2H3. The molecule has 1 aliphatic heterocycles. The van der Waals surface area contributed by atoms with Crippen LogP contribution in [0.2, 0.25) is 0 Å². The first-order valence-corrected chi connectivity index (χ1v) is 7.09. The highest BCUT2D eigenvalue weighted by Crippen LogP contribution is 2.20. The molecule has 1 saturated heterocycles. The maximum Gasteiger partial charge on any atom is 0.190 e. The molecule has 0 atom stereocenters. The number of carbonyl (C=O) groups excluding carboxylic acids is 1. The van der Waals surface area contributed by atoms with Crippen LogP contribution in [0.1, 0.15) is 20.3 Å². The van der Waals surface area contributed by atoms with Crippen molar-refractivity contribution in [2.75, 3.05) is 38.6 Å². The molecule has 0 radical (unpaired) electrons. The average molecular weight is 263 g/mol. The Labute approximate surface area is 108 Å². The summed E-state index contributed by atoms with van der Waals surface area (Å²) in [7, 11) is 0. The Hall–Kier alpha value is 0.290. The summed E-state index contributed by atoms with van der Waals surface area (Å²) in [5, 5.41) is 0.272. The van der Waals surface area contributed by atoms with Gasteiger partial charge in [-0.1, -0.05) is 25.6 Å². The van der Waals surface area contributed by atoms with Crippen LogP contribution in [-0.4, -0.2) is 53.4 Å². The van der Waals surface area contributed by atoms with Gasteiger partial charge in [0.05, 0.1) is 13.2 Å². The number of thiol groups is 1. The molecule has 0 aromatic rings. The van der Waals surface area contributed by atoms with E-state index in [2.05, 4.69) is 17.5 Å². The lowest BCUT2D eigenvalue weighted by molar-refractivity contribution is -0.111. The SMILES string of the molecule is CC(C)(S)CSC(=O)CCN1CCOCC1. The van der Waals surface area contributed by atoms with Gasteiger partial charge < -0.3 is 4.74 Å². The lowest BCUT2D eigenvalue weighted by Crippen LogP contribution is -2.37. The van der Waals surface area contributed by atoms with Gasteiger partial charge in [0, 0.05) is 36.6 Å². The summed E-state index contributed by atoms with van der Waals surface area (Å²) in [6.45, 7) is 8.42. The summed E-state index contributed by atoms with van der Waals surface area (Å²) in [6.07, 6.45) is 0.633. The highest BCUT2D eigenvalue weighted by atomic mass is 32.2. The van der Waals surface area contributed by atoms with Crippen LogP contribution in [0, 0.1) is 0 Å². The molecule has 0 unspecified atom stereocenters. The van der Waals surface area contributed by atoms with E-state index in [9.17, 15) is 4.79 Å². The second-order valence-electron chi connectivity index (χ2n) is 4.68. The minimum atomic E-state index is -0.0701. The zero-order valence-corrected chi connectivity index (χ0v) is 11.8. The van der Waals surface area contributed by atoms with E-state index in [1.54, 1.807) is 0 Å². The van der Waals surface area contributed by atoms with Gasteiger partial charge in [0.25, 0.3) is 0 Å². The van der Waals surface area contributed by atoms with Crippen LogP contribution in [0.15, 0.2) is 0 Å². The van der Waals surface area contributed by atoms with E-state index in [1.807, 2.05) is 13.8 Å². The number of hydrogen-bond acceptors (Lipinski definition) is 5. The minimum Gasteiger partial charge on any atom is -0.379 e. The molecule has 0 bridgehead atoms. The minimum absolute atomic E-state index is 0.0701. The van der Waals surface area contributed by atoms with Crippen molar-refractivity contribution >= 4 is 29.5 Å². The Morgan fingerprint density at radius 3 is 2.62 bits per heavy atom. The van der Waals surface area contributed by atoms with Crippen LogP contribution in [0.25, 0.3) is 0 Å². The summed E-state index contributed by atoms with van der Waals surface area (Å²) in [5.74, 6) is 0.776. The zero-order chi connectivity index (χ0) is 12.0. The van der Waals surface area contributed by atoms with Crippen LogP contribution in [0.5, 0.6) is 0 Å². The molecule has 16 heavy (non-hydrogen) atoms. The van der Waals surface area contributed by atoms with Gasteiger partial charge in [-0.05, 0) is 0 Å². The van der Waals surface area contributed by atoms with E-state index >= 15 is 0 Å². The van der Waals surface area contributed by atoms with Crippen LogP contribution in [0.4, 0.5) is 0 Å². The highest BCUT2D eigenvalue weighted by Gasteiger charge is 2.16. The molecule has 94 valence electrons. The van der Waals surface area contributed by atoms with Crippen LogP contribution < -0.4 is 0 Å². The predicted octanol–water partition coefficient (Wildman–Crippen LogP) is 1.68. The average Bonchev–Trinajstić information content (AvgIpc) is 2.24. The summed E-state index contributed by atoms with van der Waals surface area (Å²) in [5.41, 5.74) is 0. The smallest absolute Gasteiger partial charge is 0.190 e. The maximum absolute atomic E-state index is 11.6. The zero-order valence-electron chi connectivity index (χ0n) is 10.1. The highest BCUT2D eigenvalue weighted by molar-refractivity contribution is 8.14. The van der Waals surface area contributed by atoms with E-state index in [1.165, 1.54) is 11.8 Å². The maximum atomic E-state index is 11.6. The molecule has 0 aliphatic carbocycles. The molecule has 3 nitrogen and oxygen atoms in total. The Balaban J connectivity index is 2.09. The van der Waals surface area contributed by atoms with E-state index in [0.29, 0.717) is 6.42 Å².